The van der Waals surface area contributed by atoms with Crippen LogP contribution in [0.15, 0.2) is 24.3 Å². The first-order valence-electron chi connectivity index (χ1n) is 7.85. The van der Waals surface area contributed by atoms with Crippen LogP contribution in [0, 0.1) is 5.92 Å². The topological polar surface area (TPSA) is 86.7 Å². The van der Waals surface area contributed by atoms with Gasteiger partial charge in [-0.15, -0.1) is 0 Å². The van der Waals surface area contributed by atoms with Gasteiger partial charge in [-0.3, -0.25) is 14.4 Å². The summed E-state index contributed by atoms with van der Waals surface area (Å²) in [7, 11) is 0. The lowest BCUT2D eigenvalue weighted by Crippen LogP contribution is -2.40. The summed E-state index contributed by atoms with van der Waals surface area (Å²) in [6.07, 6.45) is 2.80. The van der Waals surface area contributed by atoms with Crippen LogP contribution in [0.2, 0.25) is 0 Å². The molecule has 1 aromatic rings. The summed E-state index contributed by atoms with van der Waals surface area (Å²) in [4.78, 5) is 36.1. The van der Waals surface area contributed by atoms with E-state index in [0.29, 0.717) is 25.1 Å². The fourth-order valence-electron chi connectivity index (χ4n) is 2.57. The van der Waals surface area contributed by atoms with E-state index < -0.39 is 11.9 Å². The molecule has 6 nitrogen and oxygen atoms in total. The monoisotopic (exact) mass is 318 g/mol. The molecule has 1 fully saturated rings. The number of carbonyl (C=O) groups excluding carboxylic acids is 2. The first-order chi connectivity index (χ1) is 11.0. The molecule has 2 amide bonds. The second kappa shape index (κ2) is 7.76. The summed E-state index contributed by atoms with van der Waals surface area (Å²) in [5.41, 5.74) is 1.55. The van der Waals surface area contributed by atoms with Gasteiger partial charge < -0.3 is 15.3 Å². The van der Waals surface area contributed by atoms with Gasteiger partial charge in [-0.25, -0.2) is 0 Å². The number of rotatable bonds is 6. The Bertz CT molecular complexity index is 583. The van der Waals surface area contributed by atoms with Crippen molar-refractivity contribution in [1.82, 2.24) is 4.90 Å². The molecule has 1 saturated heterocycles. The number of piperidine rings is 1. The number of hydrogen-bond acceptors (Lipinski definition) is 3. The minimum Gasteiger partial charge on any atom is -0.481 e. The molecule has 124 valence electrons. The molecule has 2 N–H and O–H groups in total. The summed E-state index contributed by atoms with van der Waals surface area (Å²) < 4.78 is 0. The van der Waals surface area contributed by atoms with E-state index >= 15 is 0 Å². The van der Waals surface area contributed by atoms with Crippen molar-refractivity contribution in [2.75, 3.05) is 18.4 Å². The Kier molecular flexibility index (Phi) is 5.73. The summed E-state index contributed by atoms with van der Waals surface area (Å²) in [5, 5.41) is 11.7. The predicted octanol–water partition coefficient (Wildman–Crippen LogP) is 1.90. The van der Waals surface area contributed by atoms with E-state index in [4.69, 9.17) is 5.11 Å². The van der Waals surface area contributed by atoms with Gasteiger partial charge >= 0.3 is 5.97 Å². The van der Waals surface area contributed by atoms with Crippen LogP contribution >= 0.6 is 0 Å². The average Bonchev–Trinajstić information content (AvgIpc) is 2.51. The van der Waals surface area contributed by atoms with E-state index in [-0.39, 0.29) is 18.4 Å². The van der Waals surface area contributed by atoms with Crippen LogP contribution in [0.3, 0.4) is 0 Å². The van der Waals surface area contributed by atoms with Gasteiger partial charge in [-0.2, -0.15) is 0 Å². The van der Waals surface area contributed by atoms with Crippen molar-refractivity contribution >= 4 is 23.5 Å². The van der Waals surface area contributed by atoms with Gasteiger partial charge in [-0.1, -0.05) is 19.1 Å². The SMILES string of the molecule is CC(Cc1ccc(NC(=O)CN2CCCCC2=O)cc1)C(=O)O. The Morgan fingerprint density at radius 2 is 1.96 bits per heavy atom. The minimum atomic E-state index is -0.825. The first kappa shape index (κ1) is 17.0. The van der Waals surface area contributed by atoms with E-state index in [9.17, 15) is 14.4 Å². The van der Waals surface area contributed by atoms with Gasteiger partial charge in [0, 0.05) is 18.7 Å². The number of nitrogens with zero attached hydrogens (tertiary/aromatic N) is 1. The van der Waals surface area contributed by atoms with E-state index in [1.807, 2.05) is 0 Å². The number of carbonyl (C=O) groups is 3. The van der Waals surface area contributed by atoms with Crippen molar-refractivity contribution in [2.45, 2.75) is 32.6 Å². The van der Waals surface area contributed by atoms with Crippen LogP contribution in [0.5, 0.6) is 0 Å². The van der Waals surface area contributed by atoms with Gasteiger partial charge in [-0.05, 0) is 37.0 Å². The Morgan fingerprint density at radius 3 is 2.57 bits per heavy atom. The standard InChI is InChI=1S/C17H22N2O4/c1-12(17(22)23)10-13-5-7-14(8-6-13)18-15(20)11-19-9-3-2-4-16(19)21/h5-8,12H,2-4,9-11H2,1H3,(H,18,20)(H,22,23). The van der Waals surface area contributed by atoms with Crippen LogP contribution in [0.25, 0.3) is 0 Å². The maximum Gasteiger partial charge on any atom is 0.306 e. The number of likely N-dealkylation sites (tertiary alicyclic amines) is 1. The van der Waals surface area contributed by atoms with Gasteiger partial charge in [0.15, 0.2) is 0 Å². The van der Waals surface area contributed by atoms with Gasteiger partial charge in [0.2, 0.25) is 11.8 Å². The van der Waals surface area contributed by atoms with Crippen LogP contribution in [-0.2, 0) is 20.8 Å². The maximum atomic E-state index is 12.0. The molecule has 1 aliphatic heterocycles. The van der Waals surface area contributed by atoms with Gasteiger partial charge in [0.25, 0.3) is 0 Å². The molecule has 1 atom stereocenters. The molecule has 6 heteroatoms. The quantitative estimate of drug-likeness (QED) is 0.838. The van der Waals surface area contributed by atoms with E-state index in [0.717, 1.165) is 18.4 Å². The van der Waals surface area contributed by atoms with Crippen molar-refractivity contribution < 1.29 is 19.5 Å². The Morgan fingerprint density at radius 1 is 1.26 bits per heavy atom. The number of anilines is 1. The number of hydrogen-bond donors (Lipinski definition) is 2. The second-order valence-electron chi connectivity index (χ2n) is 5.96. The normalized spacial score (nSPS) is 16.0. The lowest BCUT2D eigenvalue weighted by atomic mass is 10.0. The number of amides is 2. The molecule has 0 radical (unpaired) electrons. The molecule has 2 rings (SSSR count). The smallest absolute Gasteiger partial charge is 0.306 e. The van der Waals surface area contributed by atoms with Crippen molar-refractivity contribution in [1.29, 1.82) is 0 Å². The highest BCUT2D eigenvalue weighted by Crippen LogP contribution is 2.14. The molecule has 0 spiro atoms. The van der Waals surface area contributed by atoms with E-state index in [2.05, 4.69) is 5.32 Å². The van der Waals surface area contributed by atoms with Crippen LogP contribution in [0.4, 0.5) is 5.69 Å². The number of benzene rings is 1. The number of nitrogens with one attached hydrogen (secondary N) is 1. The minimum absolute atomic E-state index is 0.0319. The van der Waals surface area contributed by atoms with Crippen molar-refractivity contribution in [3.8, 4) is 0 Å². The third kappa shape index (κ3) is 5.09. The van der Waals surface area contributed by atoms with Crippen LogP contribution < -0.4 is 5.32 Å². The lowest BCUT2D eigenvalue weighted by molar-refractivity contribution is -0.141. The lowest BCUT2D eigenvalue weighted by Gasteiger charge is -2.25. The molecule has 1 unspecified atom stereocenters. The van der Waals surface area contributed by atoms with Crippen molar-refractivity contribution in [3.63, 3.8) is 0 Å². The molecule has 23 heavy (non-hydrogen) atoms. The van der Waals surface area contributed by atoms with Crippen LogP contribution in [-0.4, -0.2) is 40.9 Å². The maximum absolute atomic E-state index is 12.0. The number of aliphatic carboxylic acids is 1. The highest BCUT2D eigenvalue weighted by Gasteiger charge is 2.20. The molecule has 0 saturated carbocycles. The van der Waals surface area contributed by atoms with E-state index in [1.165, 1.54) is 0 Å². The molecule has 0 bridgehead atoms. The first-order valence-corrected chi connectivity index (χ1v) is 7.85. The predicted molar refractivity (Wildman–Crippen MR) is 86.0 cm³/mol. The summed E-state index contributed by atoms with van der Waals surface area (Å²) >= 11 is 0. The average molecular weight is 318 g/mol. The van der Waals surface area contributed by atoms with Crippen molar-refractivity contribution in [3.05, 3.63) is 29.8 Å². The zero-order valence-corrected chi connectivity index (χ0v) is 13.2. The summed E-state index contributed by atoms with van der Waals surface area (Å²) in [5.74, 6) is -1.45. The highest BCUT2D eigenvalue weighted by molar-refractivity contribution is 5.94. The second-order valence-corrected chi connectivity index (χ2v) is 5.96. The zero-order valence-electron chi connectivity index (χ0n) is 13.2. The van der Waals surface area contributed by atoms with Gasteiger partial charge in [0.1, 0.15) is 0 Å². The van der Waals surface area contributed by atoms with E-state index in [1.54, 1.807) is 36.1 Å². The Labute approximate surface area is 135 Å². The third-order valence-corrected chi connectivity index (χ3v) is 3.96. The van der Waals surface area contributed by atoms with Gasteiger partial charge in [0.05, 0.1) is 12.5 Å². The van der Waals surface area contributed by atoms with Crippen LogP contribution in [0.1, 0.15) is 31.7 Å². The summed E-state index contributed by atoms with van der Waals surface area (Å²) in [6.45, 7) is 2.38. The number of carboxylic acids is 1. The molecular weight excluding hydrogens is 296 g/mol. The molecule has 1 heterocycles. The fraction of sp³-hybridized carbons (Fsp3) is 0.471. The largest absolute Gasteiger partial charge is 0.481 e. The molecular formula is C17H22N2O4. The fourth-order valence-corrected chi connectivity index (χ4v) is 2.57. The summed E-state index contributed by atoms with van der Waals surface area (Å²) in [6, 6.07) is 7.11. The molecule has 0 aliphatic carbocycles. The molecule has 0 aromatic heterocycles. The van der Waals surface area contributed by atoms with Crippen molar-refractivity contribution in [2.24, 2.45) is 5.92 Å². The molecule has 1 aliphatic rings. The zero-order chi connectivity index (χ0) is 16.8. The Balaban J connectivity index is 1.86. The third-order valence-electron chi connectivity index (χ3n) is 3.96. The number of carboxylic acid groups (broad SMARTS) is 1. The highest BCUT2D eigenvalue weighted by atomic mass is 16.4. The Hall–Kier alpha value is -2.37. The molecule has 1 aromatic carbocycles.